The molecule has 0 amide bonds. The Morgan fingerprint density at radius 1 is 0.487 bits per heavy atom. The van der Waals surface area contributed by atoms with E-state index in [-0.39, 0.29) is 29.5 Å². The maximum absolute atomic E-state index is 16.1. The maximum Gasteiger partial charge on any atom is 0.200 e. The molecule has 0 fully saturated rings. The summed E-state index contributed by atoms with van der Waals surface area (Å²) in [4.78, 5) is 8.95. The number of pyridine rings is 1. The Balaban J connectivity index is 1.13. The van der Waals surface area contributed by atoms with Crippen molar-refractivity contribution in [3.8, 4) is 50.7 Å². The van der Waals surface area contributed by atoms with Crippen LogP contribution in [0.5, 0.6) is 11.5 Å². The SMILES string of the molecule is CC(C)c1cc(-c2ccccc2)cc(C(C)C)c1-c1cc(Oc2ccc3c4ccccc4n(-c4cc(C(C)(C)C)ccn4)c3c2)cc(N2CN(c3c(-c4c(F)c(F)c(F)c(F)c4F)cccc3C(C)(C)C)c3ccccc32)c1. The molecule has 0 saturated heterocycles. The predicted molar refractivity (Wildman–Crippen MR) is 309 cm³/mol. The number of fused-ring (bicyclic) bond motifs is 4. The molecule has 0 unspecified atom stereocenters. The number of aromatic nitrogens is 2. The van der Waals surface area contributed by atoms with Crippen LogP contribution in [0.2, 0.25) is 0 Å². The lowest BCUT2D eigenvalue weighted by molar-refractivity contribution is 0.381. The Labute approximate surface area is 453 Å². The molecular formula is C68H61F5N4O. The molecule has 10 aromatic rings. The van der Waals surface area contributed by atoms with E-state index in [4.69, 9.17) is 9.72 Å². The highest BCUT2D eigenvalue weighted by Gasteiger charge is 2.37. The molecule has 3 heterocycles. The fourth-order valence-corrected chi connectivity index (χ4v) is 11.2. The lowest BCUT2D eigenvalue weighted by atomic mass is 9.82. The van der Waals surface area contributed by atoms with E-state index in [1.165, 1.54) is 6.07 Å². The van der Waals surface area contributed by atoms with Crippen LogP contribution in [-0.4, -0.2) is 16.2 Å². The lowest BCUT2D eigenvalue weighted by Gasteiger charge is -2.32. The number of hydrogen-bond acceptors (Lipinski definition) is 4. The van der Waals surface area contributed by atoms with E-state index in [1.54, 1.807) is 6.07 Å². The Morgan fingerprint density at radius 2 is 1.10 bits per heavy atom. The van der Waals surface area contributed by atoms with Gasteiger partial charge in [0.15, 0.2) is 23.3 Å². The molecule has 1 aliphatic heterocycles. The van der Waals surface area contributed by atoms with Crippen LogP contribution in [0, 0.1) is 29.1 Å². The monoisotopic (exact) mass is 1040 g/mol. The average Bonchev–Trinajstić information content (AvgIpc) is 4.19. The molecule has 0 aliphatic carbocycles. The molecule has 11 rings (SSSR count). The van der Waals surface area contributed by atoms with Crippen molar-refractivity contribution >= 4 is 44.6 Å². The van der Waals surface area contributed by atoms with E-state index >= 15 is 17.6 Å². The van der Waals surface area contributed by atoms with Crippen LogP contribution in [-0.2, 0) is 10.8 Å². The smallest absolute Gasteiger partial charge is 0.200 e. The van der Waals surface area contributed by atoms with Crippen molar-refractivity contribution in [1.29, 1.82) is 0 Å². The highest BCUT2D eigenvalue weighted by atomic mass is 19.2. The van der Waals surface area contributed by atoms with Gasteiger partial charge in [-0.2, -0.15) is 0 Å². The minimum Gasteiger partial charge on any atom is -0.457 e. The van der Waals surface area contributed by atoms with Crippen molar-refractivity contribution in [3.05, 3.63) is 215 Å². The summed E-state index contributed by atoms with van der Waals surface area (Å²) >= 11 is 0. The summed E-state index contributed by atoms with van der Waals surface area (Å²) < 4.78 is 86.5. The third-order valence-corrected chi connectivity index (χ3v) is 15.1. The van der Waals surface area contributed by atoms with E-state index in [0.29, 0.717) is 28.4 Å². The molecule has 0 N–H and O–H groups in total. The van der Waals surface area contributed by atoms with Gasteiger partial charge in [0.2, 0.25) is 5.82 Å². The quantitative estimate of drug-likeness (QED) is 0.0776. The number of benzene rings is 8. The van der Waals surface area contributed by atoms with Crippen LogP contribution >= 0.6 is 0 Å². The molecule has 0 atom stereocenters. The molecule has 1 aliphatic rings. The van der Waals surface area contributed by atoms with E-state index in [1.807, 2.05) is 92.5 Å². The van der Waals surface area contributed by atoms with Crippen molar-refractivity contribution in [3.63, 3.8) is 0 Å². The molecule has 2 aromatic heterocycles. The van der Waals surface area contributed by atoms with Crippen LogP contribution in [0.4, 0.5) is 44.7 Å². The van der Waals surface area contributed by atoms with Crippen molar-refractivity contribution in [2.75, 3.05) is 16.5 Å². The van der Waals surface area contributed by atoms with Gasteiger partial charge in [-0.05, 0) is 122 Å². The Kier molecular flexibility index (Phi) is 13.1. The van der Waals surface area contributed by atoms with Crippen molar-refractivity contribution in [2.45, 2.75) is 91.9 Å². The minimum atomic E-state index is -2.21. The second-order valence-corrected chi connectivity index (χ2v) is 23.1. The highest BCUT2D eigenvalue weighted by molar-refractivity contribution is 6.09. The maximum atomic E-state index is 16.1. The zero-order valence-electron chi connectivity index (χ0n) is 45.5. The number of rotatable bonds is 10. The first-order valence-corrected chi connectivity index (χ1v) is 26.6. The van der Waals surface area contributed by atoms with Crippen LogP contribution < -0.4 is 14.5 Å². The standard InChI is InChI=1S/C68H61F5N4O/c1-39(2)51-33-42(41-19-12-11-13-20-41)34-52(40(3)4)59(51)43-31-45(36-47(32-43)78-46-27-28-49-48-21-14-15-24-54(48)77(57(49)37-46)58-35-44(29-30-74-58)67(5,6)7)75-38-76(56-26-17-16-25-55(56)75)66-50(22-18-23-53(66)68(8,9)10)60-61(69)63(71)65(73)64(72)62(60)70/h11-37,39-40H,38H2,1-10H3. The molecule has 10 heteroatoms. The van der Waals surface area contributed by atoms with E-state index in [0.717, 1.165) is 77.9 Å². The fraction of sp³-hybridized carbons (Fsp3) is 0.221. The van der Waals surface area contributed by atoms with Crippen LogP contribution in [0.1, 0.15) is 103 Å². The molecule has 5 nitrogen and oxygen atoms in total. The van der Waals surface area contributed by atoms with Crippen LogP contribution in [0.15, 0.2) is 164 Å². The highest BCUT2D eigenvalue weighted by Crippen LogP contribution is 2.53. The first kappa shape index (κ1) is 51.8. The Bertz CT molecular complexity index is 3920. The first-order valence-electron chi connectivity index (χ1n) is 26.6. The van der Waals surface area contributed by atoms with Gasteiger partial charge in [-0.3, -0.25) is 4.57 Å². The molecule has 0 bridgehead atoms. The topological polar surface area (TPSA) is 33.5 Å². The zero-order chi connectivity index (χ0) is 55.1. The Morgan fingerprint density at radius 3 is 1.76 bits per heavy atom. The molecule has 0 saturated carbocycles. The molecule has 0 radical (unpaired) electrons. The van der Waals surface area contributed by atoms with Crippen molar-refractivity contribution in [1.82, 2.24) is 9.55 Å². The minimum absolute atomic E-state index is 0.103. The van der Waals surface area contributed by atoms with Gasteiger partial charge in [0, 0.05) is 40.4 Å². The summed E-state index contributed by atoms with van der Waals surface area (Å²) in [6.45, 7) is 21.4. The van der Waals surface area contributed by atoms with Crippen molar-refractivity contribution < 1.29 is 26.7 Å². The first-order chi connectivity index (χ1) is 37.2. The zero-order valence-corrected chi connectivity index (χ0v) is 45.5. The van der Waals surface area contributed by atoms with Gasteiger partial charge < -0.3 is 14.5 Å². The van der Waals surface area contributed by atoms with Gasteiger partial charge in [-0.15, -0.1) is 0 Å². The second-order valence-electron chi connectivity index (χ2n) is 23.1. The molecule has 0 spiro atoms. The average molecular weight is 1050 g/mol. The number of anilines is 4. The van der Waals surface area contributed by atoms with Gasteiger partial charge in [-0.1, -0.05) is 160 Å². The van der Waals surface area contributed by atoms with Crippen LogP contribution in [0.25, 0.3) is 61.0 Å². The normalized spacial score (nSPS) is 12.9. The van der Waals surface area contributed by atoms with E-state index < -0.39 is 40.1 Å². The molecular weight excluding hydrogens is 984 g/mol. The molecule has 8 aromatic carbocycles. The largest absolute Gasteiger partial charge is 0.457 e. The Hall–Kier alpha value is -8.24. The van der Waals surface area contributed by atoms with Crippen molar-refractivity contribution in [2.24, 2.45) is 0 Å². The summed E-state index contributed by atoms with van der Waals surface area (Å²) in [6.07, 6.45) is 1.87. The number of nitrogens with zero attached hydrogens (tertiary/aromatic N) is 4. The fourth-order valence-electron chi connectivity index (χ4n) is 11.2. The summed E-state index contributed by atoms with van der Waals surface area (Å²) in [5, 5.41) is 2.13. The summed E-state index contributed by atoms with van der Waals surface area (Å²) in [5.74, 6) is -7.84. The van der Waals surface area contributed by atoms with E-state index in [2.05, 4.69) is 143 Å². The third-order valence-electron chi connectivity index (χ3n) is 15.1. The van der Waals surface area contributed by atoms with E-state index in [9.17, 15) is 4.39 Å². The molecule has 78 heavy (non-hydrogen) atoms. The number of ether oxygens (including phenoxy) is 1. The van der Waals surface area contributed by atoms with Gasteiger partial charge in [0.25, 0.3) is 0 Å². The third kappa shape index (κ3) is 9.04. The van der Waals surface area contributed by atoms with Crippen LogP contribution in [0.3, 0.4) is 0 Å². The number of para-hydroxylation sites is 4. The lowest BCUT2D eigenvalue weighted by Crippen LogP contribution is -2.27. The van der Waals surface area contributed by atoms with Gasteiger partial charge in [-0.25, -0.2) is 26.9 Å². The van der Waals surface area contributed by atoms with Gasteiger partial charge >= 0.3 is 0 Å². The number of halogens is 5. The van der Waals surface area contributed by atoms with Gasteiger partial charge in [0.1, 0.15) is 24.0 Å². The summed E-state index contributed by atoms with van der Waals surface area (Å²) in [5.41, 5.74) is 10.9. The van der Waals surface area contributed by atoms with Gasteiger partial charge in [0.05, 0.1) is 33.7 Å². The second kappa shape index (κ2) is 19.6. The summed E-state index contributed by atoms with van der Waals surface area (Å²) in [7, 11) is 0. The predicted octanol–water partition coefficient (Wildman–Crippen LogP) is 19.8. The summed E-state index contributed by atoms with van der Waals surface area (Å²) in [6, 6.07) is 52.5. The molecule has 394 valence electrons. The number of hydrogen-bond donors (Lipinski definition) is 0.